The summed E-state index contributed by atoms with van der Waals surface area (Å²) in [6.45, 7) is 10.2. The number of hydrogen-bond acceptors (Lipinski definition) is 5. The first-order valence-electron chi connectivity index (χ1n) is 6.49. The van der Waals surface area contributed by atoms with Gasteiger partial charge in [-0.25, -0.2) is 9.59 Å². The molecule has 2 unspecified atom stereocenters. The molecule has 0 radical (unpaired) electrons. The first-order chi connectivity index (χ1) is 9.15. The lowest BCUT2D eigenvalue weighted by molar-refractivity contribution is -0.233. The second kappa shape index (κ2) is 6.01. The zero-order chi connectivity index (χ0) is 17.2. The molecule has 0 aromatic rings. The number of carbonyl (C=O) groups excluding carboxylic acids is 1. The van der Waals surface area contributed by atoms with Gasteiger partial charge in [0.1, 0.15) is 0 Å². The highest BCUT2D eigenvalue weighted by atomic mass is 16.6. The first-order valence-corrected chi connectivity index (χ1v) is 6.49. The van der Waals surface area contributed by atoms with Gasteiger partial charge in [0, 0.05) is 12.3 Å². The van der Waals surface area contributed by atoms with Gasteiger partial charge in [0.15, 0.2) is 0 Å². The van der Waals surface area contributed by atoms with Crippen molar-refractivity contribution in [1.82, 2.24) is 0 Å². The van der Waals surface area contributed by atoms with Crippen LogP contribution in [0.25, 0.3) is 0 Å². The summed E-state index contributed by atoms with van der Waals surface area (Å²) in [7, 11) is 0. The van der Waals surface area contributed by atoms with Crippen LogP contribution in [-0.4, -0.2) is 45.4 Å². The second-order valence-corrected chi connectivity index (χ2v) is 6.83. The highest BCUT2D eigenvalue weighted by Crippen LogP contribution is 2.40. The van der Waals surface area contributed by atoms with E-state index < -0.39 is 40.6 Å². The van der Waals surface area contributed by atoms with E-state index in [1.165, 1.54) is 20.8 Å². The van der Waals surface area contributed by atoms with Crippen molar-refractivity contribution in [3.8, 4) is 0 Å². The SMILES string of the molecule is CC(=O)OC(C(=O)O)(C(OC(C)(C)C)C(=O)O)C(C)(C)C. The lowest BCUT2D eigenvalue weighted by atomic mass is 9.72. The number of hydrogen-bond donors (Lipinski definition) is 2. The summed E-state index contributed by atoms with van der Waals surface area (Å²) in [6.07, 6.45) is -1.85. The van der Waals surface area contributed by atoms with Crippen LogP contribution in [0.4, 0.5) is 0 Å². The minimum Gasteiger partial charge on any atom is -0.479 e. The van der Waals surface area contributed by atoms with E-state index in [9.17, 15) is 24.6 Å². The summed E-state index contributed by atoms with van der Waals surface area (Å²) in [5, 5.41) is 19.0. The van der Waals surface area contributed by atoms with Gasteiger partial charge in [-0.15, -0.1) is 0 Å². The molecule has 0 bridgehead atoms. The molecule has 0 aliphatic rings. The third-order valence-corrected chi connectivity index (χ3v) is 2.80. The van der Waals surface area contributed by atoms with Gasteiger partial charge in [-0.3, -0.25) is 4.79 Å². The quantitative estimate of drug-likeness (QED) is 0.743. The van der Waals surface area contributed by atoms with Crippen molar-refractivity contribution >= 4 is 17.9 Å². The Hall–Kier alpha value is -1.63. The van der Waals surface area contributed by atoms with Gasteiger partial charge in [0.25, 0.3) is 0 Å². The van der Waals surface area contributed by atoms with Crippen LogP contribution >= 0.6 is 0 Å². The second-order valence-electron chi connectivity index (χ2n) is 6.83. The molecular weight excluding hydrogens is 280 g/mol. The first kappa shape index (κ1) is 19.4. The van der Waals surface area contributed by atoms with Gasteiger partial charge in [-0.1, -0.05) is 20.8 Å². The van der Waals surface area contributed by atoms with Crippen LogP contribution in [0.2, 0.25) is 0 Å². The smallest absolute Gasteiger partial charge is 0.352 e. The molecular formula is C14H24O7. The van der Waals surface area contributed by atoms with E-state index in [2.05, 4.69) is 0 Å². The van der Waals surface area contributed by atoms with Gasteiger partial charge in [0.2, 0.25) is 11.7 Å². The maximum Gasteiger partial charge on any atom is 0.352 e. The number of carboxylic acid groups (broad SMARTS) is 2. The van der Waals surface area contributed by atoms with E-state index in [-0.39, 0.29) is 0 Å². The lowest BCUT2D eigenvalue weighted by Crippen LogP contribution is -2.65. The third kappa shape index (κ3) is 4.42. The Balaban J connectivity index is 6.22. The van der Waals surface area contributed by atoms with E-state index >= 15 is 0 Å². The van der Waals surface area contributed by atoms with Gasteiger partial charge in [0.05, 0.1) is 5.60 Å². The number of aliphatic carboxylic acids is 2. The van der Waals surface area contributed by atoms with Crippen molar-refractivity contribution in [2.45, 2.75) is 65.8 Å². The van der Waals surface area contributed by atoms with Crippen LogP contribution in [0.5, 0.6) is 0 Å². The fourth-order valence-corrected chi connectivity index (χ4v) is 1.96. The molecule has 0 fully saturated rings. The molecule has 7 nitrogen and oxygen atoms in total. The standard InChI is InChI=1S/C14H24O7/c1-8(15)20-14(11(18)19,12(2,3)4)9(10(16)17)21-13(5,6)7/h9H,1-7H3,(H,16,17)(H,18,19). The summed E-state index contributed by atoms with van der Waals surface area (Å²) < 4.78 is 10.4. The Morgan fingerprint density at radius 1 is 0.952 bits per heavy atom. The highest BCUT2D eigenvalue weighted by Gasteiger charge is 2.62. The average molecular weight is 304 g/mol. The fraction of sp³-hybridized carbons (Fsp3) is 0.786. The molecule has 0 aliphatic carbocycles. The molecule has 0 spiro atoms. The topological polar surface area (TPSA) is 110 Å². The fourth-order valence-electron chi connectivity index (χ4n) is 1.96. The van der Waals surface area contributed by atoms with E-state index in [1.807, 2.05) is 0 Å². The lowest BCUT2D eigenvalue weighted by Gasteiger charge is -2.44. The van der Waals surface area contributed by atoms with Crippen LogP contribution in [0, 0.1) is 5.41 Å². The maximum atomic E-state index is 11.8. The van der Waals surface area contributed by atoms with E-state index in [1.54, 1.807) is 20.8 Å². The van der Waals surface area contributed by atoms with Crippen molar-refractivity contribution in [3.05, 3.63) is 0 Å². The molecule has 7 heteroatoms. The molecule has 21 heavy (non-hydrogen) atoms. The van der Waals surface area contributed by atoms with Gasteiger partial charge in [-0.05, 0) is 20.8 Å². The van der Waals surface area contributed by atoms with Crippen molar-refractivity contribution in [2.75, 3.05) is 0 Å². The molecule has 2 atom stereocenters. The Kier molecular flexibility index (Phi) is 5.54. The van der Waals surface area contributed by atoms with Crippen LogP contribution < -0.4 is 0 Å². The van der Waals surface area contributed by atoms with Gasteiger partial charge >= 0.3 is 17.9 Å². The molecule has 0 aromatic heterocycles. The molecule has 0 amide bonds. The molecule has 0 saturated heterocycles. The number of carbonyl (C=O) groups is 3. The minimum absolute atomic E-state index is 0.893. The minimum atomic E-state index is -2.35. The van der Waals surface area contributed by atoms with Crippen LogP contribution in [0.1, 0.15) is 48.5 Å². The molecule has 0 aliphatic heterocycles. The van der Waals surface area contributed by atoms with E-state index in [0.29, 0.717) is 0 Å². The highest BCUT2D eigenvalue weighted by molar-refractivity contribution is 5.90. The molecule has 2 N–H and O–H groups in total. The number of ether oxygens (including phenoxy) is 2. The predicted molar refractivity (Wildman–Crippen MR) is 73.8 cm³/mol. The summed E-state index contributed by atoms with van der Waals surface area (Å²) >= 11 is 0. The van der Waals surface area contributed by atoms with Crippen molar-refractivity contribution in [2.24, 2.45) is 5.41 Å². The van der Waals surface area contributed by atoms with Crippen molar-refractivity contribution < 1.29 is 34.1 Å². The third-order valence-electron chi connectivity index (χ3n) is 2.80. The summed E-state index contributed by atoms with van der Waals surface area (Å²) in [4.78, 5) is 34.8. The van der Waals surface area contributed by atoms with E-state index in [4.69, 9.17) is 9.47 Å². The van der Waals surface area contributed by atoms with E-state index in [0.717, 1.165) is 6.92 Å². The number of carboxylic acids is 2. The summed E-state index contributed by atoms with van der Waals surface area (Å²) in [5.74, 6) is -3.97. The van der Waals surface area contributed by atoms with Gasteiger partial charge in [-0.2, -0.15) is 0 Å². The molecule has 0 aromatic carbocycles. The Morgan fingerprint density at radius 2 is 1.38 bits per heavy atom. The number of rotatable bonds is 5. The van der Waals surface area contributed by atoms with Crippen molar-refractivity contribution in [3.63, 3.8) is 0 Å². The summed E-state index contributed by atoms with van der Waals surface area (Å²) in [6, 6.07) is 0. The normalized spacial score (nSPS) is 16.7. The average Bonchev–Trinajstić information content (AvgIpc) is 2.18. The molecule has 0 saturated carbocycles. The molecule has 0 rings (SSSR count). The Labute approximate surface area is 124 Å². The summed E-state index contributed by atoms with van der Waals surface area (Å²) in [5.41, 5.74) is -4.49. The monoisotopic (exact) mass is 304 g/mol. The largest absolute Gasteiger partial charge is 0.479 e. The Morgan fingerprint density at radius 3 is 1.57 bits per heavy atom. The predicted octanol–water partition coefficient (Wildman–Crippen LogP) is 1.69. The van der Waals surface area contributed by atoms with Crippen LogP contribution in [0.3, 0.4) is 0 Å². The van der Waals surface area contributed by atoms with Gasteiger partial charge < -0.3 is 19.7 Å². The van der Waals surface area contributed by atoms with Crippen molar-refractivity contribution in [1.29, 1.82) is 0 Å². The van der Waals surface area contributed by atoms with Crippen LogP contribution in [-0.2, 0) is 23.9 Å². The van der Waals surface area contributed by atoms with Crippen LogP contribution in [0.15, 0.2) is 0 Å². The maximum absolute atomic E-state index is 11.8. The zero-order valence-electron chi connectivity index (χ0n) is 13.5. The number of esters is 1. The molecule has 122 valence electrons. The zero-order valence-corrected chi connectivity index (χ0v) is 13.5. The Bertz CT molecular complexity index is 428. The molecule has 0 heterocycles.